The molecule has 1 atom stereocenters. The van der Waals surface area contributed by atoms with Crippen LogP contribution in [0.5, 0.6) is 0 Å². The van der Waals surface area contributed by atoms with Crippen LogP contribution in [-0.2, 0) is 0 Å². The zero-order chi connectivity index (χ0) is 13.3. The summed E-state index contributed by atoms with van der Waals surface area (Å²) >= 11 is 0. The van der Waals surface area contributed by atoms with Gasteiger partial charge in [0.1, 0.15) is 11.5 Å². The molecule has 5 heteroatoms. The molecule has 0 saturated carbocycles. The van der Waals surface area contributed by atoms with Gasteiger partial charge in [0.25, 0.3) is 0 Å². The Hall–Kier alpha value is -1.75. The van der Waals surface area contributed by atoms with Crippen LogP contribution in [0.2, 0.25) is 0 Å². The lowest BCUT2D eigenvalue weighted by molar-refractivity contribution is 0.438. The molecule has 0 fully saturated rings. The second-order valence-corrected chi connectivity index (χ2v) is 3.94. The molecular weight excluding hydrogens is 243 g/mol. The van der Waals surface area contributed by atoms with Gasteiger partial charge in [0, 0.05) is 0 Å². The molecule has 1 unspecified atom stereocenters. The first-order valence-corrected chi connectivity index (χ1v) is 5.45. The average Bonchev–Trinajstić information content (AvgIpc) is 2.84. The van der Waals surface area contributed by atoms with Crippen LogP contribution in [0.4, 0.5) is 13.2 Å². The summed E-state index contributed by atoms with van der Waals surface area (Å²) < 4.78 is 44.9. The molecule has 18 heavy (non-hydrogen) atoms. The maximum atomic E-state index is 13.5. The van der Waals surface area contributed by atoms with Crippen LogP contribution in [0.15, 0.2) is 28.7 Å². The summed E-state index contributed by atoms with van der Waals surface area (Å²) in [6.45, 7) is 1.87. The van der Waals surface area contributed by atoms with Gasteiger partial charge >= 0.3 is 0 Å². The highest BCUT2D eigenvalue weighted by Crippen LogP contribution is 2.29. The minimum absolute atomic E-state index is 0.0490. The fraction of sp³-hybridized carbons (Fsp3) is 0.231. The Labute approximate surface area is 102 Å². The number of rotatable bonds is 3. The molecular formula is C13H12F3NO. The Morgan fingerprint density at radius 2 is 1.78 bits per heavy atom. The summed E-state index contributed by atoms with van der Waals surface area (Å²) in [6.07, 6.45) is 0. The molecule has 0 amide bonds. The van der Waals surface area contributed by atoms with Gasteiger partial charge in [-0.05, 0) is 38.2 Å². The van der Waals surface area contributed by atoms with E-state index < -0.39 is 17.5 Å². The zero-order valence-corrected chi connectivity index (χ0v) is 9.93. The molecule has 0 aliphatic heterocycles. The van der Waals surface area contributed by atoms with Gasteiger partial charge in [-0.25, -0.2) is 13.2 Å². The van der Waals surface area contributed by atoms with Gasteiger partial charge in [-0.3, -0.25) is 0 Å². The fourth-order valence-electron chi connectivity index (χ4n) is 1.59. The third-order valence-electron chi connectivity index (χ3n) is 2.79. The van der Waals surface area contributed by atoms with E-state index in [9.17, 15) is 13.2 Å². The van der Waals surface area contributed by atoms with Crippen molar-refractivity contribution < 1.29 is 17.6 Å². The molecule has 2 rings (SSSR count). The molecule has 0 spiro atoms. The van der Waals surface area contributed by atoms with Crippen molar-refractivity contribution in [3.8, 4) is 11.3 Å². The van der Waals surface area contributed by atoms with E-state index in [1.54, 1.807) is 13.1 Å². The minimum atomic E-state index is -1.49. The lowest BCUT2D eigenvalue weighted by Gasteiger charge is -2.06. The van der Waals surface area contributed by atoms with Crippen molar-refractivity contribution in [2.75, 3.05) is 7.05 Å². The summed E-state index contributed by atoms with van der Waals surface area (Å²) in [5.74, 6) is -3.19. The Morgan fingerprint density at radius 3 is 2.44 bits per heavy atom. The van der Waals surface area contributed by atoms with E-state index in [1.165, 1.54) is 6.07 Å². The van der Waals surface area contributed by atoms with Crippen LogP contribution in [0.1, 0.15) is 18.7 Å². The molecule has 2 aromatic rings. The van der Waals surface area contributed by atoms with Crippen LogP contribution in [0, 0.1) is 17.5 Å². The first-order valence-electron chi connectivity index (χ1n) is 5.45. The van der Waals surface area contributed by atoms with Gasteiger partial charge in [-0.1, -0.05) is 0 Å². The first-order chi connectivity index (χ1) is 8.54. The molecule has 1 aromatic heterocycles. The Morgan fingerprint density at radius 1 is 1.06 bits per heavy atom. The smallest absolute Gasteiger partial charge is 0.195 e. The maximum Gasteiger partial charge on any atom is 0.195 e. The van der Waals surface area contributed by atoms with E-state index in [-0.39, 0.29) is 17.4 Å². The highest BCUT2D eigenvalue weighted by molar-refractivity contribution is 5.58. The SMILES string of the molecule is CNC(C)c1ccc(-c2ccc(F)c(F)c2F)o1. The van der Waals surface area contributed by atoms with Crippen LogP contribution < -0.4 is 5.32 Å². The molecule has 96 valence electrons. The summed E-state index contributed by atoms with van der Waals surface area (Å²) in [7, 11) is 1.75. The summed E-state index contributed by atoms with van der Waals surface area (Å²) in [5.41, 5.74) is -0.0940. The number of furan rings is 1. The van der Waals surface area contributed by atoms with Crippen molar-refractivity contribution in [3.63, 3.8) is 0 Å². The number of halogens is 3. The topological polar surface area (TPSA) is 25.2 Å². The monoisotopic (exact) mass is 255 g/mol. The standard InChI is InChI=1S/C13H12F3NO/c1-7(17-2)10-5-6-11(18-10)8-3-4-9(14)13(16)12(8)15/h3-7,17H,1-2H3. The van der Waals surface area contributed by atoms with Crippen LogP contribution in [0.3, 0.4) is 0 Å². The number of benzene rings is 1. The molecule has 0 radical (unpaired) electrons. The zero-order valence-electron chi connectivity index (χ0n) is 9.93. The minimum Gasteiger partial charge on any atom is -0.459 e. The number of hydrogen-bond donors (Lipinski definition) is 1. The van der Waals surface area contributed by atoms with E-state index >= 15 is 0 Å². The second kappa shape index (κ2) is 4.86. The van der Waals surface area contributed by atoms with E-state index in [4.69, 9.17) is 4.42 Å². The molecule has 0 bridgehead atoms. The van der Waals surface area contributed by atoms with Gasteiger partial charge in [0.05, 0.1) is 11.6 Å². The normalized spacial score (nSPS) is 12.7. The second-order valence-electron chi connectivity index (χ2n) is 3.94. The van der Waals surface area contributed by atoms with Crippen molar-refractivity contribution in [2.45, 2.75) is 13.0 Å². The van der Waals surface area contributed by atoms with Crippen molar-refractivity contribution in [1.29, 1.82) is 0 Å². The highest BCUT2D eigenvalue weighted by Gasteiger charge is 2.18. The van der Waals surface area contributed by atoms with Gasteiger partial charge in [0.15, 0.2) is 17.5 Å². The predicted molar refractivity (Wildman–Crippen MR) is 61.5 cm³/mol. The molecule has 0 aliphatic rings. The predicted octanol–water partition coefficient (Wildman–Crippen LogP) is 3.64. The van der Waals surface area contributed by atoms with E-state index in [2.05, 4.69) is 5.32 Å². The molecule has 0 saturated heterocycles. The van der Waals surface area contributed by atoms with E-state index in [0.717, 1.165) is 12.1 Å². The summed E-state index contributed by atoms with van der Waals surface area (Å²) in [5, 5.41) is 2.96. The Balaban J connectivity index is 2.43. The molecule has 0 aliphatic carbocycles. The Kier molecular flexibility index (Phi) is 3.43. The quantitative estimate of drug-likeness (QED) is 0.847. The van der Waals surface area contributed by atoms with Crippen LogP contribution >= 0.6 is 0 Å². The molecule has 1 heterocycles. The third-order valence-corrected chi connectivity index (χ3v) is 2.79. The number of hydrogen-bond acceptors (Lipinski definition) is 2. The van der Waals surface area contributed by atoms with Crippen LogP contribution in [-0.4, -0.2) is 7.05 Å². The maximum absolute atomic E-state index is 13.5. The van der Waals surface area contributed by atoms with Gasteiger partial charge in [-0.15, -0.1) is 0 Å². The van der Waals surface area contributed by atoms with Crippen molar-refractivity contribution >= 4 is 0 Å². The fourth-order valence-corrected chi connectivity index (χ4v) is 1.59. The third kappa shape index (κ3) is 2.13. The van der Waals surface area contributed by atoms with E-state index in [0.29, 0.717) is 5.76 Å². The summed E-state index contributed by atoms with van der Waals surface area (Å²) in [4.78, 5) is 0. The largest absolute Gasteiger partial charge is 0.459 e. The Bertz CT molecular complexity index is 565. The van der Waals surface area contributed by atoms with E-state index in [1.807, 2.05) is 6.92 Å². The van der Waals surface area contributed by atoms with Crippen LogP contribution in [0.25, 0.3) is 11.3 Å². The first kappa shape index (κ1) is 12.7. The molecule has 1 aromatic carbocycles. The lowest BCUT2D eigenvalue weighted by atomic mass is 10.1. The molecule has 2 nitrogen and oxygen atoms in total. The van der Waals surface area contributed by atoms with Gasteiger partial charge in [-0.2, -0.15) is 0 Å². The van der Waals surface area contributed by atoms with Gasteiger partial charge in [0.2, 0.25) is 0 Å². The van der Waals surface area contributed by atoms with Crippen molar-refractivity contribution in [1.82, 2.24) is 5.32 Å². The highest BCUT2D eigenvalue weighted by atomic mass is 19.2. The van der Waals surface area contributed by atoms with Crippen molar-refractivity contribution in [2.24, 2.45) is 0 Å². The average molecular weight is 255 g/mol. The van der Waals surface area contributed by atoms with Crippen molar-refractivity contribution in [3.05, 3.63) is 47.5 Å². The lowest BCUT2D eigenvalue weighted by Crippen LogP contribution is -2.11. The van der Waals surface area contributed by atoms with Gasteiger partial charge < -0.3 is 9.73 Å². The summed E-state index contributed by atoms with van der Waals surface area (Å²) in [6, 6.07) is 5.17. The molecule has 1 N–H and O–H groups in total. The number of nitrogens with one attached hydrogen (secondary N) is 1.